The lowest BCUT2D eigenvalue weighted by molar-refractivity contribution is 0.359. The fourth-order valence-electron chi connectivity index (χ4n) is 1.55. The highest BCUT2D eigenvalue weighted by Crippen LogP contribution is 2.05. The lowest BCUT2D eigenvalue weighted by Gasteiger charge is -1.98. The second-order valence-corrected chi connectivity index (χ2v) is 3.72. The molecular weight excluding hydrogens is 206 g/mol. The average Bonchev–Trinajstić information content (AvgIpc) is 2.76. The van der Waals surface area contributed by atoms with Crippen LogP contribution in [0.25, 0.3) is 0 Å². The molecule has 0 aliphatic rings. The van der Waals surface area contributed by atoms with Gasteiger partial charge in [-0.15, -0.1) is 0 Å². The number of nitrogens with zero attached hydrogens (tertiary/aromatic N) is 4. The minimum Gasteiger partial charge on any atom is -0.337 e. The van der Waals surface area contributed by atoms with Gasteiger partial charge in [-0.1, -0.05) is 5.16 Å². The summed E-state index contributed by atoms with van der Waals surface area (Å²) in [6.45, 7) is 5.10. The third-order valence-corrected chi connectivity index (χ3v) is 2.23. The van der Waals surface area contributed by atoms with Crippen LogP contribution in [0.3, 0.4) is 0 Å². The maximum Gasteiger partial charge on any atom is 0.248 e. The lowest BCUT2D eigenvalue weighted by Crippen LogP contribution is -2.07. The fourth-order valence-corrected chi connectivity index (χ4v) is 1.55. The van der Waals surface area contributed by atoms with Crippen LogP contribution in [-0.2, 0) is 13.1 Å². The molecule has 2 aromatic rings. The van der Waals surface area contributed by atoms with Crippen LogP contribution in [0.2, 0.25) is 0 Å². The molecule has 1 N–H and O–H groups in total. The minimum atomic E-state index is 0.524. The zero-order valence-electron chi connectivity index (χ0n) is 9.69. The van der Waals surface area contributed by atoms with Crippen molar-refractivity contribution in [2.45, 2.75) is 26.9 Å². The Morgan fingerprint density at radius 2 is 2.25 bits per heavy atom. The molecule has 0 aliphatic carbocycles. The van der Waals surface area contributed by atoms with E-state index in [4.69, 9.17) is 4.52 Å². The molecule has 0 bridgehead atoms. The van der Waals surface area contributed by atoms with Crippen molar-refractivity contribution in [2.24, 2.45) is 0 Å². The first-order valence-electron chi connectivity index (χ1n) is 5.16. The predicted octanol–water partition coefficient (Wildman–Crippen LogP) is 0.651. The summed E-state index contributed by atoms with van der Waals surface area (Å²) in [5, 5.41) is 11.2. The van der Waals surface area contributed by atoms with E-state index >= 15 is 0 Å². The van der Waals surface area contributed by atoms with Crippen LogP contribution >= 0.6 is 0 Å². The van der Waals surface area contributed by atoms with Gasteiger partial charge in [0.1, 0.15) is 6.54 Å². The van der Waals surface area contributed by atoms with Gasteiger partial charge >= 0.3 is 0 Å². The zero-order chi connectivity index (χ0) is 11.5. The van der Waals surface area contributed by atoms with Gasteiger partial charge in [0, 0.05) is 5.69 Å². The van der Waals surface area contributed by atoms with Crippen LogP contribution in [0.15, 0.2) is 10.6 Å². The molecule has 0 radical (unpaired) electrons. The van der Waals surface area contributed by atoms with Crippen molar-refractivity contribution in [1.29, 1.82) is 0 Å². The minimum absolute atomic E-state index is 0.524. The molecule has 0 atom stereocenters. The van der Waals surface area contributed by atoms with Crippen molar-refractivity contribution in [1.82, 2.24) is 25.2 Å². The highest BCUT2D eigenvalue weighted by Gasteiger charge is 2.08. The highest BCUT2D eigenvalue weighted by molar-refractivity contribution is 5.07. The topological polar surface area (TPSA) is 68.8 Å². The molecule has 0 saturated heterocycles. The Labute approximate surface area is 93.7 Å². The van der Waals surface area contributed by atoms with Crippen LogP contribution in [0, 0.1) is 13.8 Å². The van der Waals surface area contributed by atoms with Crippen LogP contribution < -0.4 is 5.32 Å². The molecular formula is C10H15N5O. The SMILES string of the molecule is CNCc1noc(Cn2nc(C)cc2C)n1. The predicted molar refractivity (Wildman–Crippen MR) is 57.9 cm³/mol. The third kappa shape index (κ3) is 2.27. The van der Waals surface area contributed by atoms with Crippen LogP contribution in [0.5, 0.6) is 0 Å². The van der Waals surface area contributed by atoms with Crippen molar-refractivity contribution in [2.75, 3.05) is 7.05 Å². The van der Waals surface area contributed by atoms with Crippen LogP contribution in [-0.4, -0.2) is 27.0 Å². The van der Waals surface area contributed by atoms with Crippen molar-refractivity contribution in [3.63, 3.8) is 0 Å². The Kier molecular flexibility index (Phi) is 3.00. The maximum atomic E-state index is 5.12. The van der Waals surface area contributed by atoms with Gasteiger partial charge in [-0.3, -0.25) is 4.68 Å². The van der Waals surface area contributed by atoms with Gasteiger partial charge in [0.2, 0.25) is 5.89 Å². The number of aromatic nitrogens is 4. The summed E-state index contributed by atoms with van der Waals surface area (Å²) in [5.41, 5.74) is 2.08. The summed E-state index contributed by atoms with van der Waals surface area (Å²) in [7, 11) is 1.84. The maximum absolute atomic E-state index is 5.12. The third-order valence-electron chi connectivity index (χ3n) is 2.23. The summed E-state index contributed by atoms with van der Waals surface area (Å²) >= 11 is 0. The normalized spacial score (nSPS) is 10.9. The van der Waals surface area contributed by atoms with E-state index in [0.29, 0.717) is 24.8 Å². The molecule has 0 unspecified atom stereocenters. The summed E-state index contributed by atoms with van der Waals surface area (Å²) in [6, 6.07) is 2.02. The summed E-state index contributed by atoms with van der Waals surface area (Å²) in [4.78, 5) is 4.24. The Balaban J connectivity index is 2.11. The van der Waals surface area contributed by atoms with Gasteiger partial charge < -0.3 is 9.84 Å². The second kappa shape index (κ2) is 4.44. The first-order chi connectivity index (χ1) is 7.69. The standard InChI is InChI=1S/C10H15N5O/c1-7-4-8(2)15(13-7)6-10-12-9(5-11-3)14-16-10/h4,11H,5-6H2,1-3H3. The smallest absolute Gasteiger partial charge is 0.248 e. The molecule has 86 valence electrons. The van der Waals surface area contributed by atoms with E-state index < -0.39 is 0 Å². The monoisotopic (exact) mass is 221 g/mol. The van der Waals surface area contributed by atoms with E-state index in [1.165, 1.54) is 0 Å². The molecule has 2 heterocycles. The molecule has 16 heavy (non-hydrogen) atoms. The van der Waals surface area contributed by atoms with Gasteiger partial charge in [0.05, 0.1) is 12.2 Å². The first-order valence-corrected chi connectivity index (χ1v) is 5.16. The quantitative estimate of drug-likeness (QED) is 0.821. The van der Waals surface area contributed by atoms with Gasteiger partial charge in [-0.05, 0) is 27.0 Å². The Morgan fingerprint density at radius 3 is 2.88 bits per heavy atom. The van der Waals surface area contributed by atoms with Crippen molar-refractivity contribution < 1.29 is 4.52 Å². The molecule has 0 amide bonds. The second-order valence-electron chi connectivity index (χ2n) is 3.72. The number of hydrogen-bond donors (Lipinski definition) is 1. The first kappa shape index (κ1) is 10.8. The molecule has 0 fully saturated rings. The fraction of sp³-hybridized carbons (Fsp3) is 0.500. The van der Waals surface area contributed by atoms with Gasteiger partial charge in [-0.2, -0.15) is 10.1 Å². The van der Waals surface area contributed by atoms with E-state index in [9.17, 15) is 0 Å². The molecule has 6 heteroatoms. The van der Waals surface area contributed by atoms with Gasteiger partial charge in [-0.25, -0.2) is 0 Å². The van der Waals surface area contributed by atoms with Crippen LogP contribution in [0.4, 0.5) is 0 Å². The van der Waals surface area contributed by atoms with Crippen molar-refractivity contribution in [3.05, 3.63) is 29.2 Å². The summed E-state index contributed by atoms with van der Waals surface area (Å²) in [6.07, 6.45) is 0. The zero-order valence-corrected chi connectivity index (χ0v) is 9.69. The molecule has 0 saturated carbocycles. The molecule has 2 aromatic heterocycles. The highest BCUT2D eigenvalue weighted by atomic mass is 16.5. The average molecular weight is 221 g/mol. The van der Waals surface area contributed by atoms with E-state index in [2.05, 4.69) is 20.6 Å². The van der Waals surface area contributed by atoms with Crippen LogP contribution in [0.1, 0.15) is 23.1 Å². The molecule has 0 spiro atoms. The van der Waals surface area contributed by atoms with Crippen molar-refractivity contribution in [3.8, 4) is 0 Å². The number of hydrogen-bond acceptors (Lipinski definition) is 5. The Morgan fingerprint density at radius 1 is 1.44 bits per heavy atom. The number of aryl methyl sites for hydroxylation is 2. The Bertz CT molecular complexity index is 473. The Hall–Kier alpha value is -1.69. The largest absolute Gasteiger partial charge is 0.337 e. The summed E-state index contributed by atoms with van der Waals surface area (Å²) < 4.78 is 6.98. The molecule has 0 aliphatic heterocycles. The van der Waals surface area contributed by atoms with Gasteiger partial charge in [0.25, 0.3) is 0 Å². The van der Waals surface area contributed by atoms with E-state index in [1.807, 2.05) is 31.6 Å². The molecule has 2 rings (SSSR count). The molecule has 0 aromatic carbocycles. The summed E-state index contributed by atoms with van der Waals surface area (Å²) in [5.74, 6) is 1.25. The van der Waals surface area contributed by atoms with Crippen molar-refractivity contribution >= 4 is 0 Å². The van der Waals surface area contributed by atoms with E-state index in [-0.39, 0.29) is 0 Å². The number of nitrogens with one attached hydrogen (secondary N) is 1. The van der Waals surface area contributed by atoms with E-state index in [0.717, 1.165) is 11.4 Å². The van der Waals surface area contributed by atoms with E-state index in [1.54, 1.807) is 0 Å². The lowest BCUT2D eigenvalue weighted by atomic mass is 10.4. The number of rotatable bonds is 4. The van der Waals surface area contributed by atoms with Gasteiger partial charge in [0.15, 0.2) is 5.82 Å². The molecule has 6 nitrogen and oxygen atoms in total.